The molecule has 7 aromatic carbocycles. The lowest BCUT2D eigenvalue weighted by Gasteiger charge is -2.13. The van der Waals surface area contributed by atoms with Crippen LogP contribution < -0.4 is 5.73 Å². The Morgan fingerprint density at radius 2 is 1.25 bits per heavy atom. The standard InChI is InChI=1S/C41H29N3/c42-26-28-14-16-29(17-15-28)30-18-20-33(21-19-30)41(25-40(43)32-9-2-1-3-10-32)44-27-39-36-13-7-5-11-34(36)24-38-35-12-6-4-8-31(35)22-23-37(38)39/h1-25,27,40H,43H2/b41-25-,44-27?. The number of fused-ring (bicyclic) bond motifs is 4. The maximum atomic E-state index is 9.17. The first-order valence-corrected chi connectivity index (χ1v) is 14.7. The summed E-state index contributed by atoms with van der Waals surface area (Å²) in [5, 5.41) is 16.3. The highest BCUT2D eigenvalue weighted by atomic mass is 14.7. The first kappa shape index (κ1) is 27.0. The van der Waals surface area contributed by atoms with Gasteiger partial charge in [0.05, 0.1) is 23.4 Å². The number of aliphatic imine (C=N–C) groups is 1. The summed E-state index contributed by atoms with van der Waals surface area (Å²) >= 11 is 0. The highest BCUT2D eigenvalue weighted by molar-refractivity contribution is 6.20. The van der Waals surface area contributed by atoms with E-state index < -0.39 is 0 Å². The maximum absolute atomic E-state index is 9.17. The van der Waals surface area contributed by atoms with Crippen LogP contribution in [0.4, 0.5) is 0 Å². The summed E-state index contributed by atoms with van der Waals surface area (Å²) in [6.07, 6.45) is 4.03. The van der Waals surface area contributed by atoms with Crippen molar-refractivity contribution in [3.63, 3.8) is 0 Å². The highest BCUT2D eigenvalue weighted by Gasteiger charge is 2.11. The molecule has 0 saturated heterocycles. The number of hydrogen-bond acceptors (Lipinski definition) is 3. The van der Waals surface area contributed by atoms with Crippen molar-refractivity contribution in [2.75, 3.05) is 0 Å². The quantitative estimate of drug-likeness (QED) is 0.124. The van der Waals surface area contributed by atoms with Gasteiger partial charge in [-0.2, -0.15) is 5.26 Å². The van der Waals surface area contributed by atoms with E-state index >= 15 is 0 Å². The van der Waals surface area contributed by atoms with E-state index in [1.54, 1.807) is 0 Å². The van der Waals surface area contributed by atoms with Gasteiger partial charge >= 0.3 is 0 Å². The first-order valence-electron chi connectivity index (χ1n) is 14.7. The number of benzene rings is 7. The molecule has 0 aliphatic rings. The van der Waals surface area contributed by atoms with E-state index in [0.29, 0.717) is 5.56 Å². The number of nitriles is 1. The van der Waals surface area contributed by atoms with Gasteiger partial charge in [-0.1, -0.05) is 127 Å². The van der Waals surface area contributed by atoms with Crippen molar-refractivity contribution in [1.82, 2.24) is 0 Å². The number of nitrogens with zero attached hydrogens (tertiary/aromatic N) is 2. The third kappa shape index (κ3) is 5.27. The summed E-state index contributed by atoms with van der Waals surface area (Å²) in [5.41, 5.74) is 13.4. The third-order valence-electron chi connectivity index (χ3n) is 8.19. The van der Waals surface area contributed by atoms with E-state index in [1.165, 1.54) is 21.5 Å². The van der Waals surface area contributed by atoms with Crippen LogP contribution in [0.1, 0.15) is 28.3 Å². The van der Waals surface area contributed by atoms with Crippen molar-refractivity contribution < 1.29 is 0 Å². The molecule has 208 valence electrons. The summed E-state index contributed by atoms with van der Waals surface area (Å²) in [4.78, 5) is 5.16. The Bertz CT molecular complexity index is 2220. The van der Waals surface area contributed by atoms with Crippen molar-refractivity contribution in [3.8, 4) is 17.2 Å². The largest absolute Gasteiger partial charge is 0.321 e. The maximum Gasteiger partial charge on any atom is 0.0991 e. The summed E-state index contributed by atoms with van der Waals surface area (Å²) in [5.74, 6) is 0. The summed E-state index contributed by atoms with van der Waals surface area (Å²) < 4.78 is 0. The number of rotatable bonds is 6. The van der Waals surface area contributed by atoms with Gasteiger partial charge in [-0.3, -0.25) is 4.99 Å². The molecule has 0 aliphatic carbocycles. The van der Waals surface area contributed by atoms with E-state index in [1.807, 2.05) is 66.9 Å². The van der Waals surface area contributed by atoms with Crippen molar-refractivity contribution >= 4 is 44.2 Å². The average molecular weight is 564 g/mol. The van der Waals surface area contributed by atoms with E-state index in [-0.39, 0.29) is 6.04 Å². The molecule has 0 fully saturated rings. The summed E-state index contributed by atoms with van der Waals surface area (Å²) in [6, 6.07) is 51.6. The van der Waals surface area contributed by atoms with E-state index in [2.05, 4.69) is 97.1 Å². The van der Waals surface area contributed by atoms with Gasteiger partial charge in [0, 0.05) is 11.8 Å². The van der Waals surface area contributed by atoms with Crippen LogP contribution in [0.2, 0.25) is 0 Å². The monoisotopic (exact) mass is 563 g/mol. The predicted octanol–water partition coefficient (Wildman–Crippen LogP) is 9.84. The normalized spacial score (nSPS) is 12.6. The van der Waals surface area contributed by atoms with Gasteiger partial charge in [-0.05, 0) is 78.8 Å². The second-order valence-corrected chi connectivity index (χ2v) is 10.9. The van der Waals surface area contributed by atoms with Crippen LogP contribution in [0.3, 0.4) is 0 Å². The predicted molar refractivity (Wildman–Crippen MR) is 184 cm³/mol. The van der Waals surface area contributed by atoms with Crippen LogP contribution in [0.15, 0.2) is 157 Å². The van der Waals surface area contributed by atoms with Gasteiger partial charge in [0.2, 0.25) is 0 Å². The molecular formula is C41H29N3. The van der Waals surface area contributed by atoms with Gasteiger partial charge < -0.3 is 5.73 Å². The molecule has 44 heavy (non-hydrogen) atoms. The lowest BCUT2D eigenvalue weighted by molar-refractivity contribution is 0.911. The van der Waals surface area contributed by atoms with Crippen LogP contribution >= 0.6 is 0 Å². The van der Waals surface area contributed by atoms with Crippen LogP contribution in [0.25, 0.3) is 49.1 Å². The Kier molecular flexibility index (Phi) is 7.26. The Morgan fingerprint density at radius 1 is 0.614 bits per heavy atom. The van der Waals surface area contributed by atoms with Gasteiger partial charge in [0.1, 0.15) is 0 Å². The molecule has 3 heteroatoms. The Labute approximate surface area is 256 Å². The lowest BCUT2D eigenvalue weighted by Crippen LogP contribution is -2.07. The van der Waals surface area contributed by atoms with Crippen LogP contribution in [-0.4, -0.2) is 6.21 Å². The summed E-state index contributed by atoms with van der Waals surface area (Å²) in [6.45, 7) is 0. The minimum Gasteiger partial charge on any atom is -0.321 e. The second kappa shape index (κ2) is 11.8. The molecule has 0 aliphatic heterocycles. The van der Waals surface area contributed by atoms with E-state index in [4.69, 9.17) is 16.0 Å². The molecule has 0 spiro atoms. The van der Waals surface area contributed by atoms with Crippen LogP contribution in [-0.2, 0) is 0 Å². The SMILES string of the molecule is N#Cc1ccc(-c2ccc(/C(=C/C(N)c3ccccc3)N=Cc3c4ccccc4cc4c3ccc3ccccc34)cc2)cc1. The molecule has 7 rings (SSSR count). The molecule has 0 radical (unpaired) electrons. The smallest absolute Gasteiger partial charge is 0.0991 e. The van der Waals surface area contributed by atoms with Gasteiger partial charge in [0.15, 0.2) is 0 Å². The lowest BCUT2D eigenvalue weighted by atomic mass is 9.94. The number of nitrogens with two attached hydrogens (primary N) is 1. The Balaban J connectivity index is 1.36. The zero-order chi connectivity index (χ0) is 29.9. The molecular weight excluding hydrogens is 534 g/mol. The van der Waals surface area contributed by atoms with Crippen LogP contribution in [0, 0.1) is 11.3 Å². The second-order valence-electron chi connectivity index (χ2n) is 10.9. The molecule has 0 aromatic heterocycles. The molecule has 1 unspecified atom stereocenters. The molecule has 7 aromatic rings. The molecule has 2 N–H and O–H groups in total. The summed E-state index contributed by atoms with van der Waals surface area (Å²) in [7, 11) is 0. The molecule has 1 atom stereocenters. The van der Waals surface area contributed by atoms with E-state index in [0.717, 1.165) is 44.3 Å². The fourth-order valence-corrected chi connectivity index (χ4v) is 5.85. The van der Waals surface area contributed by atoms with Crippen molar-refractivity contribution in [2.45, 2.75) is 6.04 Å². The fourth-order valence-electron chi connectivity index (χ4n) is 5.85. The van der Waals surface area contributed by atoms with Gasteiger partial charge in [0.25, 0.3) is 0 Å². The Hall–Kier alpha value is -5.82. The molecule has 0 heterocycles. The van der Waals surface area contributed by atoms with E-state index in [9.17, 15) is 0 Å². The molecule has 0 saturated carbocycles. The fraction of sp³-hybridized carbons (Fsp3) is 0.0244. The van der Waals surface area contributed by atoms with Gasteiger partial charge in [-0.25, -0.2) is 0 Å². The molecule has 3 nitrogen and oxygen atoms in total. The van der Waals surface area contributed by atoms with Crippen molar-refractivity contribution in [2.24, 2.45) is 10.7 Å². The average Bonchev–Trinajstić information content (AvgIpc) is 3.10. The zero-order valence-corrected chi connectivity index (χ0v) is 24.1. The zero-order valence-electron chi connectivity index (χ0n) is 24.1. The van der Waals surface area contributed by atoms with Crippen LogP contribution in [0.5, 0.6) is 0 Å². The minimum absolute atomic E-state index is 0.324. The van der Waals surface area contributed by atoms with Crippen molar-refractivity contribution in [3.05, 3.63) is 174 Å². The third-order valence-corrected chi connectivity index (χ3v) is 8.19. The highest BCUT2D eigenvalue weighted by Crippen LogP contribution is 2.33. The number of hydrogen-bond donors (Lipinski definition) is 1. The minimum atomic E-state index is -0.324. The molecule has 0 amide bonds. The molecule has 0 bridgehead atoms. The van der Waals surface area contributed by atoms with Crippen molar-refractivity contribution in [1.29, 1.82) is 5.26 Å². The first-order chi connectivity index (χ1) is 21.7. The van der Waals surface area contributed by atoms with Gasteiger partial charge in [-0.15, -0.1) is 0 Å². The topological polar surface area (TPSA) is 62.2 Å². The Morgan fingerprint density at radius 3 is 1.98 bits per heavy atom.